The predicted octanol–water partition coefficient (Wildman–Crippen LogP) is 7.21. The molecule has 2 N–H and O–H groups in total. The van der Waals surface area contributed by atoms with Crippen molar-refractivity contribution in [3.63, 3.8) is 0 Å². The molecule has 0 saturated carbocycles. The number of nitrogens with zero attached hydrogens (tertiary/aromatic N) is 3. The highest BCUT2D eigenvalue weighted by Gasteiger charge is 2.18. The van der Waals surface area contributed by atoms with Crippen molar-refractivity contribution < 1.29 is 19.8 Å². The van der Waals surface area contributed by atoms with Gasteiger partial charge in [-0.25, -0.2) is 24.5 Å². The maximum atomic E-state index is 12.2. The number of pyridine rings is 3. The summed E-state index contributed by atoms with van der Waals surface area (Å²) in [5, 5.41) is 24.7. The molecular formula is C33H19N3O4. The highest BCUT2D eigenvalue weighted by molar-refractivity contribution is 6.14. The largest absolute Gasteiger partial charge is 0.478 e. The Bertz CT molecular complexity index is 2040. The van der Waals surface area contributed by atoms with Crippen molar-refractivity contribution in [1.29, 1.82) is 0 Å². The van der Waals surface area contributed by atoms with Crippen LogP contribution in [0, 0.1) is 0 Å². The fourth-order valence-electron chi connectivity index (χ4n) is 5.26. The number of aromatic nitrogens is 3. The van der Waals surface area contributed by atoms with E-state index < -0.39 is 11.9 Å². The number of hydrogen-bond acceptors (Lipinski definition) is 5. The van der Waals surface area contributed by atoms with E-state index >= 15 is 0 Å². The summed E-state index contributed by atoms with van der Waals surface area (Å²) in [5.41, 5.74) is 3.09. The maximum Gasteiger partial charge on any atom is 0.336 e. The quantitative estimate of drug-likeness (QED) is 0.235. The van der Waals surface area contributed by atoms with Crippen molar-refractivity contribution in [2.45, 2.75) is 0 Å². The van der Waals surface area contributed by atoms with E-state index in [1.54, 1.807) is 30.3 Å². The molecule has 40 heavy (non-hydrogen) atoms. The highest BCUT2D eigenvalue weighted by atomic mass is 16.4. The highest BCUT2D eigenvalue weighted by Crippen LogP contribution is 2.32. The standard InChI is InChI=1S/C33H19N3O4/c37-32(38)24-16-28(35-30-20-8-3-1-6-18(20)12-14-22(24)30)26-10-5-11-27(34-26)29-17-25(33(39)40)23-15-13-19-7-2-4-9-21(19)31(23)36-29/h1-17H,(H,37,38)(H,39,40). The third-order valence-electron chi connectivity index (χ3n) is 7.14. The van der Waals surface area contributed by atoms with Gasteiger partial charge in [0.05, 0.1) is 44.9 Å². The van der Waals surface area contributed by atoms with Crippen LogP contribution in [0.2, 0.25) is 0 Å². The van der Waals surface area contributed by atoms with Gasteiger partial charge in [-0.15, -0.1) is 0 Å². The van der Waals surface area contributed by atoms with Crippen LogP contribution in [0.5, 0.6) is 0 Å². The summed E-state index contributed by atoms with van der Waals surface area (Å²) < 4.78 is 0. The second-order valence-electron chi connectivity index (χ2n) is 9.49. The number of benzene rings is 4. The Morgan fingerprint density at radius 1 is 0.450 bits per heavy atom. The summed E-state index contributed by atoms with van der Waals surface area (Å²) in [6.07, 6.45) is 0. The number of aromatic carboxylic acids is 2. The van der Waals surface area contributed by atoms with E-state index in [0.717, 1.165) is 21.5 Å². The van der Waals surface area contributed by atoms with Gasteiger partial charge in [-0.1, -0.05) is 78.9 Å². The van der Waals surface area contributed by atoms with Crippen LogP contribution in [-0.2, 0) is 0 Å². The van der Waals surface area contributed by atoms with Gasteiger partial charge in [-0.2, -0.15) is 0 Å². The summed E-state index contributed by atoms with van der Waals surface area (Å²) >= 11 is 0. The van der Waals surface area contributed by atoms with Crippen LogP contribution in [0.1, 0.15) is 20.7 Å². The van der Waals surface area contributed by atoms with E-state index in [-0.39, 0.29) is 11.1 Å². The van der Waals surface area contributed by atoms with Gasteiger partial charge < -0.3 is 10.2 Å². The number of rotatable bonds is 4. The van der Waals surface area contributed by atoms with E-state index in [4.69, 9.17) is 15.0 Å². The Kier molecular flexibility index (Phi) is 5.25. The number of carboxylic acids is 2. The van der Waals surface area contributed by atoms with E-state index in [0.29, 0.717) is 44.6 Å². The van der Waals surface area contributed by atoms with Crippen molar-refractivity contribution in [2.75, 3.05) is 0 Å². The van der Waals surface area contributed by atoms with Gasteiger partial charge in [-0.3, -0.25) is 0 Å². The van der Waals surface area contributed by atoms with Gasteiger partial charge >= 0.3 is 11.9 Å². The van der Waals surface area contributed by atoms with Crippen molar-refractivity contribution in [3.05, 3.63) is 114 Å². The molecule has 190 valence electrons. The van der Waals surface area contributed by atoms with E-state index in [1.165, 1.54) is 12.1 Å². The van der Waals surface area contributed by atoms with E-state index in [1.807, 2.05) is 60.7 Å². The minimum Gasteiger partial charge on any atom is -0.478 e. The zero-order valence-electron chi connectivity index (χ0n) is 20.9. The van der Waals surface area contributed by atoms with Crippen LogP contribution in [0.4, 0.5) is 0 Å². The van der Waals surface area contributed by atoms with E-state index in [9.17, 15) is 19.8 Å². The van der Waals surface area contributed by atoms with Crippen LogP contribution in [0.3, 0.4) is 0 Å². The molecule has 0 saturated heterocycles. The van der Waals surface area contributed by atoms with E-state index in [2.05, 4.69) is 0 Å². The van der Waals surface area contributed by atoms with Crippen LogP contribution in [0.15, 0.2) is 103 Å². The van der Waals surface area contributed by atoms with Crippen LogP contribution < -0.4 is 0 Å². The Morgan fingerprint density at radius 2 is 0.900 bits per heavy atom. The summed E-state index contributed by atoms with van der Waals surface area (Å²) in [7, 11) is 0. The lowest BCUT2D eigenvalue weighted by Gasteiger charge is -2.11. The molecule has 0 aliphatic carbocycles. The molecule has 0 unspecified atom stereocenters. The number of fused-ring (bicyclic) bond motifs is 6. The van der Waals surface area contributed by atoms with Gasteiger partial charge in [-0.05, 0) is 35.0 Å². The second kappa shape index (κ2) is 8.96. The zero-order chi connectivity index (χ0) is 27.4. The molecule has 3 heterocycles. The summed E-state index contributed by atoms with van der Waals surface area (Å²) in [6.45, 7) is 0. The molecule has 7 aromatic rings. The van der Waals surface area contributed by atoms with Gasteiger partial charge in [0.1, 0.15) is 0 Å². The first-order valence-corrected chi connectivity index (χ1v) is 12.6. The zero-order valence-corrected chi connectivity index (χ0v) is 20.9. The van der Waals surface area contributed by atoms with Crippen LogP contribution in [0.25, 0.3) is 66.1 Å². The third kappa shape index (κ3) is 3.72. The molecule has 7 heteroatoms. The maximum absolute atomic E-state index is 12.2. The average molecular weight is 522 g/mol. The van der Waals surface area contributed by atoms with Crippen molar-refractivity contribution >= 4 is 55.3 Å². The van der Waals surface area contributed by atoms with Gasteiger partial charge in [0.15, 0.2) is 0 Å². The number of carboxylic acid groups (broad SMARTS) is 2. The molecule has 0 radical (unpaired) electrons. The lowest BCUT2D eigenvalue weighted by molar-refractivity contribution is 0.0688. The number of carbonyl (C=O) groups is 2. The smallest absolute Gasteiger partial charge is 0.336 e. The molecule has 0 aliphatic heterocycles. The fourth-order valence-corrected chi connectivity index (χ4v) is 5.26. The molecule has 0 spiro atoms. The predicted molar refractivity (Wildman–Crippen MR) is 155 cm³/mol. The van der Waals surface area contributed by atoms with Crippen molar-refractivity contribution in [1.82, 2.24) is 15.0 Å². The topological polar surface area (TPSA) is 113 Å². The first-order valence-electron chi connectivity index (χ1n) is 12.6. The Balaban J connectivity index is 1.46. The molecule has 7 rings (SSSR count). The van der Waals surface area contributed by atoms with Crippen molar-refractivity contribution in [3.8, 4) is 22.8 Å². The normalized spacial score (nSPS) is 11.4. The lowest BCUT2D eigenvalue weighted by Crippen LogP contribution is -2.03. The number of hydrogen-bond donors (Lipinski definition) is 2. The second-order valence-corrected chi connectivity index (χ2v) is 9.49. The first kappa shape index (κ1) is 23.4. The molecule has 0 amide bonds. The molecule has 4 aromatic carbocycles. The fraction of sp³-hybridized carbons (Fsp3) is 0. The Labute approximate surface area is 227 Å². The molecular weight excluding hydrogens is 502 g/mol. The molecule has 0 aliphatic rings. The third-order valence-corrected chi connectivity index (χ3v) is 7.14. The Hall–Kier alpha value is -5.69. The molecule has 0 bridgehead atoms. The van der Waals surface area contributed by atoms with Gasteiger partial charge in [0.2, 0.25) is 0 Å². The van der Waals surface area contributed by atoms with Gasteiger partial charge in [0.25, 0.3) is 0 Å². The summed E-state index contributed by atoms with van der Waals surface area (Å²) in [4.78, 5) is 39.0. The molecule has 7 nitrogen and oxygen atoms in total. The monoisotopic (exact) mass is 521 g/mol. The SMILES string of the molecule is O=C(O)c1cc(-c2cccc(-c3cc(C(=O)O)c4ccc5ccccc5c4n3)n2)nc2c1ccc1ccccc12. The molecule has 0 fully saturated rings. The molecule has 3 aromatic heterocycles. The summed E-state index contributed by atoms with van der Waals surface area (Å²) in [6, 6.07) is 31.0. The first-order chi connectivity index (χ1) is 19.5. The lowest BCUT2D eigenvalue weighted by atomic mass is 10.0. The van der Waals surface area contributed by atoms with Crippen LogP contribution in [-0.4, -0.2) is 37.1 Å². The summed E-state index contributed by atoms with van der Waals surface area (Å²) in [5.74, 6) is -2.12. The van der Waals surface area contributed by atoms with Gasteiger partial charge in [0, 0.05) is 21.5 Å². The van der Waals surface area contributed by atoms with Crippen LogP contribution >= 0.6 is 0 Å². The average Bonchev–Trinajstić information content (AvgIpc) is 2.99. The Morgan fingerprint density at radius 3 is 1.35 bits per heavy atom. The minimum atomic E-state index is -1.06. The molecule has 0 atom stereocenters. The minimum absolute atomic E-state index is 0.126. The van der Waals surface area contributed by atoms with Crippen molar-refractivity contribution in [2.24, 2.45) is 0 Å².